The number of aryl methyl sites for hydroxylation is 1. The van der Waals surface area contributed by atoms with Crippen LogP contribution in [0.15, 0.2) is 42.2 Å². The molecule has 0 saturated carbocycles. The summed E-state index contributed by atoms with van der Waals surface area (Å²) in [4.78, 5) is 26.7. The summed E-state index contributed by atoms with van der Waals surface area (Å²) < 4.78 is 37.9. The lowest BCUT2D eigenvalue weighted by Crippen LogP contribution is -2.42. The van der Waals surface area contributed by atoms with E-state index in [0.29, 0.717) is 29.3 Å². The molecule has 0 aliphatic carbocycles. The maximum atomic E-state index is 13.4. The van der Waals surface area contributed by atoms with Crippen molar-refractivity contribution in [1.82, 2.24) is 14.9 Å². The van der Waals surface area contributed by atoms with Crippen LogP contribution in [0.5, 0.6) is 5.88 Å². The third-order valence-corrected chi connectivity index (χ3v) is 5.05. The number of aliphatic imine (C=N–C) groups is 1. The third kappa shape index (κ3) is 6.57. The number of likely N-dealkylation sites (N-methyl/N-ethyl adjacent to an activating group) is 1. The summed E-state index contributed by atoms with van der Waals surface area (Å²) in [6.45, 7) is 12.5. The highest BCUT2D eigenvalue weighted by Gasteiger charge is 2.27. The van der Waals surface area contributed by atoms with Crippen molar-refractivity contribution >= 4 is 17.6 Å². The van der Waals surface area contributed by atoms with E-state index >= 15 is 0 Å². The van der Waals surface area contributed by atoms with Crippen LogP contribution >= 0.6 is 0 Å². The van der Waals surface area contributed by atoms with E-state index in [0.717, 1.165) is 24.9 Å². The van der Waals surface area contributed by atoms with Gasteiger partial charge in [0.1, 0.15) is 18.1 Å². The van der Waals surface area contributed by atoms with Gasteiger partial charge in [-0.05, 0) is 32.4 Å². The predicted molar refractivity (Wildman–Crippen MR) is 124 cm³/mol. The fourth-order valence-electron chi connectivity index (χ4n) is 3.21. The monoisotopic (exact) mass is 460 g/mol. The molecule has 1 heterocycles. The second-order valence-corrected chi connectivity index (χ2v) is 7.64. The van der Waals surface area contributed by atoms with Crippen LogP contribution in [0.3, 0.4) is 0 Å². The highest BCUT2D eigenvalue weighted by molar-refractivity contribution is 6.00. The van der Waals surface area contributed by atoms with Crippen LogP contribution in [0.2, 0.25) is 0 Å². The lowest BCUT2D eigenvalue weighted by molar-refractivity contribution is 0.0121. The average molecular weight is 461 g/mol. The number of carbonyl (C=O) groups is 1. The number of halogens is 2. The highest BCUT2D eigenvalue weighted by atomic mass is 19.3. The Morgan fingerprint density at radius 2 is 2.00 bits per heavy atom. The minimum Gasteiger partial charge on any atom is -0.474 e. The van der Waals surface area contributed by atoms with Crippen LogP contribution in [0.4, 0.5) is 8.78 Å². The molecule has 0 aliphatic heterocycles. The van der Waals surface area contributed by atoms with Gasteiger partial charge in [0.15, 0.2) is 5.90 Å². The van der Waals surface area contributed by atoms with Gasteiger partial charge >= 0.3 is 0 Å². The Kier molecular flexibility index (Phi) is 8.62. The van der Waals surface area contributed by atoms with Crippen molar-refractivity contribution in [2.75, 3.05) is 20.2 Å². The molecule has 1 atom stereocenters. The van der Waals surface area contributed by atoms with Gasteiger partial charge in [0.25, 0.3) is 11.8 Å². The quantitative estimate of drug-likeness (QED) is 0.303. The van der Waals surface area contributed by atoms with Crippen molar-refractivity contribution in [3.05, 3.63) is 59.6 Å². The zero-order valence-electron chi connectivity index (χ0n) is 19.9. The number of aromatic nitrogens is 2. The molecule has 0 spiro atoms. The zero-order valence-corrected chi connectivity index (χ0v) is 19.9. The molecular weight excluding hydrogens is 430 g/mol. The van der Waals surface area contributed by atoms with E-state index in [1.807, 2.05) is 26.8 Å². The maximum absolute atomic E-state index is 13.4. The molecule has 0 N–H and O–H groups in total. The van der Waals surface area contributed by atoms with E-state index in [-0.39, 0.29) is 24.4 Å². The lowest BCUT2D eigenvalue weighted by atomic mass is 9.99. The van der Waals surface area contributed by atoms with E-state index < -0.39 is 11.6 Å². The van der Waals surface area contributed by atoms with E-state index in [9.17, 15) is 13.6 Å². The summed E-state index contributed by atoms with van der Waals surface area (Å²) in [5.41, 5.74) is 1.47. The number of benzene rings is 1. The molecule has 33 heavy (non-hydrogen) atoms. The second-order valence-electron chi connectivity index (χ2n) is 7.64. The van der Waals surface area contributed by atoms with Crippen molar-refractivity contribution in [2.45, 2.75) is 46.6 Å². The van der Waals surface area contributed by atoms with Crippen molar-refractivity contribution in [1.29, 1.82) is 0 Å². The zero-order chi connectivity index (χ0) is 24.8. The smallest absolute Gasteiger partial charge is 0.288 e. The van der Waals surface area contributed by atoms with Crippen molar-refractivity contribution in [2.24, 2.45) is 4.99 Å². The molecule has 0 bridgehead atoms. The molecule has 7 nitrogen and oxygen atoms in total. The molecule has 0 saturated heterocycles. The molecule has 9 heteroatoms. The molecule has 1 unspecified atom stereocenters. The van der Waals surface area contributed by atoms with Crippen LogP contribution in [0.1, 0.15) is 54.9 Å². The summed E-state index contributed by atoms with van der Waals surface area (Å²) in [7, 11) is 1.61. The number of carbonyl (C=O) groups excluding carboxylic acids is 1. The molecule has 0 fully saturated rings. The van der Waals surface area contributed by atoms with Crippen LogP contribution in [-0.4, -0.2) is 52.9 Å². The number of nitrogens with zero attached hydrogens (tertiary/aromatic N) is 4. The fraction of sp³-hybridized carbons (Fsp3) is 0.417. The average Bonchev–Trinajstić information content (AvgIpc) is 2.77. The lowest BCUT2D eigenvalue weighted by Gasteiger charge is -2.29. The Morgan fingerprint density at radius 3 is 2.55 bits per heavy atom. The topological polar surface area (TPSA) is 76.9 Å². The molecule has 1 amide bonds. The van der Waals surface area contributed by atoms with Crippen molar-refractivity contribution in [3.63, 3.8) is 0 Å². The highest BCUT2D eigenvalue weighted by Crippen LogP contribution is 2.26. The number of rotatable bonds is 9. The second kappa shape index (κ2) is 11.0. The Labute approximate surface area is 193 Å². The molecular formula is C24H30F2N4O3. The van der Waals surface area contributed by atoms with Crippen LogP contribution in [0.25, 0.3) is 5.76 Å². The van der Waals surface area contributed by atoms with Gasteiger partial charge in [-0.2, -0.15) is 8.78 Å². The van der Waals surface area contributed by atoms with E-state index in [2.05, 4.69) is 21.5 Å². The first-order chi connectivity index (χ1) is 15.5. The van der Waals surface area contributed by atoms with Gasteiger partial charge in [0.05, 0.1) is 24.0 Å². The Morgan fingerprint density at radius 1 is 1.30 bits per heavy atom. The van der Waals surface area contributed by atoms with Crippen LogP contribution < -0.4 is 4.74 Å². The first-order valence-electron chi connectivity index (χ1n) is 10.5. The Bertz CT molecular complexity index is 1020. The molecule has 2 aromatic rings. The number of alkyl halides is 2. The predicted octanol–water partition coefficient (Wildman–Crippen LogP) is 4.86. The largest absolute Gasteiger partial charge is 0.474 e. The molecule has 1 aromatic heterocycles. The molecule has 178 valence electrons. The Hall–Kier alpha value is -3.36. The van der Waals surface area contributed by atoms with Gasteiger partial charge in [-0.1, -0.05) is 18.7 Å². The maximum Gasteiger partial charge on any atom is 0.288 e. The summed E-state index contributed by atoms with van der Waals surface area (Å²) in [5.74, 6) is -2.42. The first-order valence-corrected chi connectivity index (χ1v) is 10.5. The molecule has 1 aromatic carbocycles. The number of ether oxygens (including phenoxy) is 2. The number of hydrogen-bond acceptors (Lipinski definition) is 6. The fourth-order valence-corrected chi connectivity index (χ4v) is 3.21. The van der Waals surface area contributed by atoms with E-state index in [4.69, 9.17) is 9.47 Å². The van der Waals surface area contributed by atoms with Crippen molar-refractivity contribution in [3.8, 4) is 5.88 Å². The minimum absolute atomic E-state index is 0.103. The summed E-state index contributed by atoms with van der Waals surface area (Å²) >= 11 is 0. The minimum atomic E-state index is -3.08. The van der Waals surface area contributed by atoms with Gasteiger partial charge in [-0.3, -0.25) is 9.79 Å². The third-order valence-electron chi connectivity index (χ3n) is 5.05. The number of hydrogen-bond donors (Lipinski definition) is 0. The number of amides is 1. The van der Waals surface area contributed by atoms with E-state index in [1.54, 1.807) is 31.0 Å². The molecule has 0 aliphatic rings. The van der Waals surface area contributed by atoms with Gasteiger partial charge in [0, 0.05) is 33.0 Å². The van der Waals surface area contributed by atoms with E-state index in [1.165, 1.54) is 0 Å². The van der Waals surface area contributed by atoms with Gasteiger partial charge < -0.3 is 14.4 Å². The van der Waals surface area contributed by atoms with Gasteiger partial charge in [-0.15, -0.1) is 0 Å². The van der Waals surface area contributed by atoms with Crippen LogP contribution in [0, 0.1) is 6.92 Å². The van der Waals surface area contributed by atoms with Gasteiger partial charge in [-0.25, -0.2) is 9.97 Å². The molecule has 0 radical (unpaired) electrons. The summed E-state index contributed by atoms with van der Waals surface area (Å²) in [5, 5.41) is 0. The standard InChI is InChI=1S/C24H30F2N4O3/c1-8-30(16(3)14-32-21-13-28-20(12-29-21)24(6,25)26)23(31)19-11-9-10-15(2)22(19)17(4)33-18(5)27-7/h9-13,16H,4,8,14H2,1-3,5-7H3. The Balaban J connectivity index is 2.19. The van der Waals surface area contributed by atoms with Crippen LogP contribution in [-0.2, 0) is 10.7 Å². The van der Waals surface area contributed by atoms with Gasteiger partial charge in [0.2, 0.25) is 5.88 Å². The summed E-state index contributed by atoms with van der Waals surface area (Å²) in [6, 6.07) is 5.07. The SMILES string of the molecule is C=C(OC(C)=NC)c1c(C)cccc1C(=O)N(CC)C(C)COc1cnc(C(C)(F)F)cn1. The normalized spacial score (nSPS) is 12.8. The first kappa shape index (κ1) is 25.9. The molecule has 2 rings (SSSR count). The van der Waals surface area contributed by atoms with Crippen molar-refractivity contribution < 1.29 is 23.0 Å². The summed E-state index contributed by atoms with van der Waals surface area (Å²) in [6.07, 6.45) is 2.13.